The molecule has 0 aromatic heterocycles. The van der Waals surface area contributed by atoms with Crippen LogP contribution in [0.4, 0.5) is 0 Å². The zero-order valence-electron chi connectivity index (χ0n) is 19.7. The van der Waals surface area contributed by atoms with Crippen molar-refractivity contribution in [2.45, 2.75) is 36.8 Å². The molecule has 2 aromatic carbocycles. The monoisotopic (exact) mass is 530 g/mol. The number of halogens is 2. The molecule has 0 fully saturated rings. The van der Waals surface area contributed by atoms with Gasteiger partial charge in [-0.05, 0) is 68.9 Å². The van der Waals surface area contributed by atoms with Crippen LogP contribution in [-0.2, 0) is 25.9 Å². The van der Waals surface area contributed by atoms with E-state index in [9.17, 15) is 8.42 Å². The zero-order chi connectivity index (χ0) is 24.7. The lowest BCUT2D eigenvalue weighted by atomic mass is 10.1. The van der Waals surface area contributed by atoms with E-state index in [-0.39, 0.29) is 30.2 Å². The molecule has 0 amide bonds. The smallest absolute Gasteiger partial charge is 0.240 e. The van der Waals surface area contributed by atoms with Gasteiger partial charge in [-0.25, -0.2) is 13.1 Å². The quantitative estimate of drug-likeness (QED) is 0.388. The first-order chi connectivity index (χ1) is 16.2. The fourth-order valence-electron chi connectivity index (χ4n) is 3.85. The molecule has 188 valence electrons. The third-order valence-electron chi connectivity index (χ3n) is 5.58. The van der Waals surface area contributed by atoms with Crippen LogP contribution in [0.1, 0.15) is 30.6 Å². The van der Waals surface area contributed by atoms with Crippen LogP contribution in [0.5, 0.6) is 5.75 Å². The number of ether oxygens (including phenoxy) is 3. The van der Waals surface area contributed by atoms with Gasteiger partial charge in [-0.3, -0.25) is 0 Å². The molecule has 0 bridgehead atoms. The van der Waals surface area contributed by atoms with E-state index >= 15 is 0 Å². The molecule has 0 saturated carbocycles. The van der Waals surface area contributed by atoms with Crippen LogP contribution in [0.3, 0.4) is 0 Å². The summed E-state index contributed by atoms with van der Waals surface area (Å²) in [6.45, 7) is 4.12. The molecule has 1 N–H and O–H groups in total. The van der Waals surface area contributed by atoms with Crippen LogP contribution < -0.4 is 9.46 Å². The molecule has 3 rings (SSSR count). The predicted octanol–water partition coefficient (Wildman–Crippen LogP) is 4.32. The van der Waals surface area contributed by atoms with Gasteiger partial charge in [0.2, 0.25) is 10.0 Å². The van der Waals surface area contributed by atoms with E-state index in [1.165, 1.54) is 12.1 Å². The summed E-state index contributed by atoms with van der Waals surface area (Å²) in [5, 5.41) is 1.19. The van der Waals surface area contributed by atoms with Crippen molar-refractivity contribution in [3.05, 3.63) is 57.6 Å². The van der Waals surface area contributed by atoms with Gasteiger partial charge in [-0.1, -0.05) is 30.1 Å². The average molecular weight is 532 g/mol. The molecule has 2 aromatic rings. The molecular formula is C24H32Cl2N2O5S. The highest BCUT2D eigenvalue weighted by molar-refractivity contribution is 7.89. The van der Waals surface area contributed by atoms with Gasteiger partial charge in [-0.15, -0.1) is 0 Å². The first kappa shape index (κ1) is 27.2. The molecule has 2 atom stereocenters. The Balaban J connectivity index is 1.60. The van der Waals surface area contributed by atoms with E-state index in [1.807, 2.05) is 27.1 Å². The van der Waals surface area contributed by atoms with Crippen molar-refractivity contribution in [2.75, 3.05) is 47.1 Å². The van der Waals surface area contributed by atoms with E-state index in [4.69, 9.17) is 37.4 Å². The van der Waals surface area contributed by atoms with Gasteiger partial charge in [0, 0.05) is 28.8 Å². The third-order valence-corrected chi connectivity index (χ3v) is 7.62. The van der Waals surface area contributed by atoms with Crippen molar-refractivity contribution in [3.8, 4) is 5.75 Å². The van der Waals surface area contributed by atoms with Gasteiger partial charge in [0.05, 0.1) is 30.8 Å². The second-order valence-corrected chi connectivity index (χ2v) is 10.9. The molecule has 0 heterocycles. The normalized spacial score (nSPS) is 17.8. The maximum atomic E-state index is 12.6. The lowest BCUT2D eigenvalue weighted by molar-refractivity contribution is 0.0502. The molecular weight excluding hydrogens is 499 g/mol. The maximum Gasteiger partial charge on any atom is 0.240 e. The predicted molar refractivity (Wildman–Crippen MR) is 135 cm³/mol. The molecule has 10 heteroatoms. The minimum absolute atomic E-state index is 0.0726. The first-order valence-electron chi connectivity index (χ1n) is 11.3. The minimum Gasteiger partial charge on any atom is -0.484 e. The highest BCUT2D eigenvalue weighted by Crippen LogP contribution is 2.42. The third kappa shape index (κ3) is 7.07. The minimum atomic E-state index is -3.65. The lowest BCUT2D eigenvalue weighted by Gasteiger charge is -2.27. The number of fused-ring (bicyclic) bond motifs is 1. The number of nitrogens with zero attached hydrogens (tertiary/aromatic N) is 1. The average Bonchev–Trinajstić information content (AvgIpc) is 3.15. The summed E-state index contributed by atoms with van der Waals surface area (Å²) in [6.07, 6.45) is 1.42. The summed E-state index contributed by atoms with van der Waals surface area (Å²) in [5.41, 5.74) is 1.98. The Bertz CT molecular complexity index is 1050. The van der Waals surface area contributed by atoms with E-state index in [0.717, 1.165) is 24.0 Å². The van der Waals surface area contributed by atoms with Crippen LogP contribution in [0.15, 0.2) is 41.3 Å². The molecule has 0 unspecified atom stereocenters. The van der Waals surface area contributed by atoms with E-state index in [1.54, 1.807) is 18.2 Å². The molecule has 1 aliphatic rings. The molecule has 0 saturated heterocycles. The molecule has 0 aliphatic heterocycles. The Labute approximate surface area is 212 Å². The highest BCUT2D eigenvalue weighted by atomic mass is 35.5. The summed E-state index contributed by atoms with van der Waals surface area (Å²) < 4.78 is 44.7. The SMILES string of the molecule is CCCOCCOCCNS(=O)(=O)c1ccc(O[C@H]2c3cc(Cl)cc(Cl)c3C[C@@H]2N(C)C)cc1. The second-order valence-electron chi connectivity index (χ2n) is 8.32. The van der Waals surface area contributed by atoms with Gasteiger partial charge < -0.3 is 19.1 Å². The topological polar surface area (TPSA) is 77.1 Å². The molecule has 34 heavy (non-hydrogen) atoms. The van der Waals surface area contributed by atoms with Gasteiger partial charge in [-0.2, -0.15) is 0 Å². The van der Waals surface area contributed by atoms with Crippen molar-refractivity contribution in [2.24, 2.45) is 0 Å². The number of rotatable bonds is 13. The second kappa shape index (κ2) is 12.5. The van der Waals surface area contributed by atoms with Crippen LogP contribution in [0, 0.1) is 0 Å². The van der Waals surface area contributed by atoms with E-state index in [2.05, 4.69) is 9.62 Å². The summed E-state index contributed by atoms with van der Waals surface area (Å²) >= 11 is 12.7. The summed E-state index contributed by atoms with van der Waals surface area (Å²) in [6, 6.07) is 10.1. The summed E-state index contributed by atoms with van der Waals surface area (Å²) in [5.74, 6) is 0.565. The van der Waals surface area contributed by atoms with Crippen LogP contribution in [0.2, 0.25) is 10.0 Å². The van der Waals surface area contributed by atoms with Crippen LogP contribution in [-0.4, -0.2) is 66.4 Å². The molecule has 0 spiro atoms. The molecule has 7 nitrogen and oxygen atoms in total. The highest BCUT2D eigenvalue weighted by Gasteiger charge is 2.37. The number of hydrogen-bond acceptors (Lipinski definition) is 6. The van der Waals surface area contributed by atoms with E-state index < -0.39 is 10.0 Å². The van der Waals surface area contributed by atoms with Crippen molar-refractivity contribution >= 4 is 33.2 Å². The van der Waals surface area contributed by atoms with Crippen molar-refractivity contribution in [3.63, 3.8) is 0 Å². The standard InChI is InChI=1S/C24H32Cl2N2O5S/c1-4-10-31-12-13-32-11-9-27-34(29,30)19-7-5-18(6-8-19)33-24-21-14-17(25)15-22(26)20(21)16-23(24)28(2)3/h5-8,14-15,23-24,27H,4,9-13,16H2,1-3H3/t23-,24-/m0/s1. The number of benzene rings is 2. The Hall–Kier alpha value is -1.39. The number of nitrogens with one attached hydrogen (secondary N) is 1. The van der Waals surface area contributed by atoms with Gasteiger partial charge >= 0.3 is 0 Å². The Morgan fingerprint density at radius 3 is 2.35 bits per heavy atom. The lowest BCUT2D eigenvalue weighted by Crippen LogP contribution is -2.34. The van der Waals surface area contributed by atoms with Gasteiger partial charge in [0.15, 0.2) is 0 Å². The van der Waals surface area contributed by atoms with Crippen molar-refractivity contribution in [1.29, 1.82) is 0 Å². The summed E-state index contributed by atoms with van der Waals surface area (Å²) in [4.78, 5) is 2.25. The largest absolute Gasteiger partial charge is 0.484 e. The Morgan fingerprint density at radius 2 is 1.71 bits per heavy atom. The molecule has 1 aliphatic carbocycles. The maximum absolute atomic E-state index is 12.6. The van der Waals surface area contributed by atoms with Gasteiger partial charge in [0.25, 0.3) is 0 Å². The van der Waals surface area contributed by atoms with Crippen molar-refractivity contribution in [1.82, 2.24) is 9.62 Å². The fraction of sp³-hybridized carbons (Fsp3) is 0.500. The van der Waals surface area contributed by atoms with Crippen LogP contribution >= 0.6 is 23.2 Å². The Morgan fingerprint density at radius 1 is 1.03 bits per heavy atom. The fourth-order valence-corrected chi connectivity index (χ4v) is 5.45. The van der Waals surface area contributed by atoms with Gasteiger partial charge in [0.1, 0.15) is 11.9 Å². The van der Waals surface area contributed by atoms with Crippen LogP contribution in [0.25, 0.3) is 0 Å². The zero-order valence-corrected chi connectivity index (χ0v) is 22.0. The summed E-state index contributed by atoms with van der Waals surface area (Å²) in [7, 11) is 0.334. The Kier molecular flexibility index (Phi) is 10.0. The molecule has 0 radical (unpaired) electrons. The number of hydrogen-bond donors (Lipinski definition) is 1. The number of sulfonamides is 1. The van der Waals surface area contributed by atoms with E-state index in [0.29, 0.717) is 35.6 Å². The number of likely N-dealkylation sites (N-methyl/N-ethyl adjacent to an activating group) is 1. The van der Waals surface area contributed by atoms with Crippen molar-refractivity contribution < 1.29 is 22.6 Å². The first-order valence-corrected chi connectivity index (χ1v) is 13.5.